The van der Waals surface area contributed by atoms with Crippen molar-refractivity contribution in [3.63, 3.8) is 0 Å². The maximum atomic E-state index is 12.2. The van der Waals surface area contributed by atoms with Crippen molar-refractivity contribution in [2.45, 2.75) is 0 Å². The molecule has 0 aliphatic heterocycles. The van der Waals surface area contributed by atoms with Gasteiger partial charge in [0, 0.05) is 11.1 Å². The smallest absolute Gasteiger partial charge is 0.300 e. The molecule has 7 heteroatoms. The SMILES string of the molecule is CSCCOn1c(=O)c(C(N)=O)c(O)c2ccccc21. The first kappa shape index (κ1) is 14.3. The molecule has 0 spiro atoms. The lowest BCUT2D eigenvalue weighted by Gasteiger charge is -2.14. The van der Waals surface area contributed by atoms with Gasteiger partial charge in [-0.2, -0.15) is 11.8 Å². The van der Waals surface area contributed by atoms with Crippen molar-refractivity contribution < 1.29 is 14.7 Å². The third-order valence-corrected chi connectivity index (χ3v) is 3.34. The minimum Gasteiger partial charge on any atom is -0.506 e. The molecule has 20 heavy (non-hydrogen) atoms. The lowest BCUT2D eigenvalue weighted by molar-refractivity contribution is 0.0979. The third kappa shape index (κ3) is 2.44. The molecule has 0 saturated carbocycles. The number of pyridine rings is 1. The van der Waals surface area contributed by atoms with Crippen molar-refractivity contribution in [3.05, 3.63) is 40.2 Å². The van der Waals surface area contributed by atoms with Crippen LogP contribution in [-0.4, -0.2) is 34.4 Å². The molecular weight excluding hydrogens is 280 g/mol. The first-order valence-corrected chi connectivity index (χ1v) is 7.26. The van der Waals surface area contributed by atoms with Crippen molar-refractivity contribution in [1.82, 2.24) is 4.73 Å². The Labute approximate surface area is 119 Å². The van der Waals surface area contributed by atoms with Crippen LogP contribution in [0.1, 0.15) is 10.4 Å². The summed E-state index contributed by atoms with van der Waals surface area (Å²) in [6.07, 6.45) is 1.91. The van der Waals surface area contributed by atoms with Gasteiger partial charge in [0.15, 0.2) is 0 Å². The summed E-state index contributed by atoms with van der Waals surface area (Å²) in [5, 5.41) is 10.4. The fourth-order valence-electron chi connectivity index (χ4n) is 1.86. The zero-order chi connectivity index (χ0) is 14.7. The van der Waals surface area contributed by atoms with Crippen LogP contribution in [0, 0.1) is 0 Å². The number of primary amides is 1. The van der Waals surface area contributed by atoms with E-state index in [0.717, 1.165) is 4.73 Å². The Bertz CT molecular complexity index is 711. The van der Waals surface area contributed by atoms with E-state index in [-0.39, 0.29) is 0 Å². The van der Waals surface area contributed by atoms with Crippen LogP contribution >= 0.6 is 11.8 Å². The Balaban J connectivity index is 2.70. The molecule has 106 valence electrons. The van der Waals surface area contributed by atoms with Crippen LogP contribution < -0.4 is 16.1 Å². The summed E-state index contributed by atoms with van der Waals surface area (Å²) in [6, 6.07) is 6.61. The second-order valence-electron chi connectivity index (χ2n) is 4.03. The molecule has 6 nitrogen and oxygen atoms in total. The zero-order valence-corrected chi connectivity index (χ0v) is 11.6. The predicted molar refractivity (Wildman–Crippen MR) is 78.2 cm³/mol. The quantitative estimate of drug-likeness (QED) is 0.787. The molecule has 2 rings (SSSR count). The predicted octanol–water partition coefficient (Wildman–Crippen LogP) is 0.598. The average Bonchev–Trinajstić information content (AvgIpc) is 2.42. The monoisotopic (exact) mass is 294 g/mol. The van der Waals surface area contributed by atoms with Gasteiger partial charge in [0.05, 0.1) is 5.52 Å². The number of aromatic nitrogens is 1. The second kappa shape index (κ2) is 5.87. The molecule has 0 aliphatic rings. The number of nitrogens with zero attached hydrogens (tertiary/aromatic N) is 1. The number of nitrogens with two attached hydrogens (primary N) is 1. The number of carbonyl (C=O) groups is 1. The van der Waals surface area contributed by atoms with Crippen LogP contribution in [0.4, 0.5) is 0 Å². The standard InChI is InChI=1S/C13H14N2O4S/c1-20-7-6-19-15-9-5-3-2-4-8(9)11(16)10(12(14)17)13(15)18/h2-5,16H,6-7H2,1H3,(H2,14,17). The Kier molecular flexibility index (Phi) is 4.19. The first-order chi connectivity index (χ1) is 9.57. The van der Waals surface area contributed by atoms with Crippen LogP contribution in [0.2, 0.25) is 0 Å². The molecule has 0 aliphatic carbocycles. The highest BCUT2D eigenvalue weighted by Gasteiger charge is 2.20. The number of para-hydroxylation sites is 1. The molecular formula is C13H14N2O4S. The van der Waals surface area contributed by atoms with Gasteiger partial charge >= 0.3 is 0 Å². The zero-order valence-electron chi connectivity index (χ0n) is 10.8. The molecule has 3 N–H and O–H groups in total. The number of amides is 1. The largest absolute Gasteiger partial charge is 0.506 e. The fourth-order valence-corrected chi connectivity index (χ4v) is 2.10. The van der Waals surface area contributed by atoms with Gasteiger partial charge in [-0.05, 0) is 18.4 Å². The number of fused-ring (bicyclic) bond motifs is 1. The molecule has 0 unspecified atom stereocenters. The van der Waals surface area contributed by atoms with Crippen LogP contribution in [0.25, 0.3) is 10.9 Å². The Hall–Kier alpha value is -2.15. The van der Waals surface area contributed by atoms with Crippen LogP contribution in [0.3, 0.4) is 0 Å². The Morgan fingerprint density at radius 3 is 2.80 bits per heavy atom. The first-order valence-electron chi connectivity index (χ1n) is 5.86. The summed E-state index contributed by atoms with van der Waals surface area (Å²) < 4.78 is 1.01. The van der Waals surface area contributed by atoms with E-state index < -0.39 is 22.8 Å². The number of hydrogen-bond acceptors (Lipinski definition) is 5. The Morgan fingerprint density at radius 2 is 2.15 bits per heavy atom. The van der Waals surface area contributed by atoms with Gasteiger partial charge in [-0.1, -0.05) is 12.1 Å². The van der Waals surface area contributed by atoms with E-state index in [4.69, 9.17) is 10.6 Å². The van der Waals surface area contributed by atoms with Gasteiger partial charge in [-0.15, -0.1) is 4.73 Å². The maximum Gasteiger partial charge on any atom is 0.300 e. The van der Waals surface area contributed by atoms with Crippen molar-refractivity contribution in [3.8, 4) is 5.75 Å². The highest BCUT2D eigenvalue weighted by atomic mass is 32.2. The van der Waals surface area contributed by atoms with E-state index in [2.05, 4.69) is 0 Å². The fraction of sp³-hybridized carbons (Fsp3) is 0.231. The number of thioether (sulfide) groups is 1. The van der Waals surface area contributed by atoms with Gasteiger partial charge in [-0.3, -0.25) is 9.59 Å². The summed E-state index contributed by atoms with van der Waals surface area (Å²) in [7, 11) is 0. The van der Waals surface area contributed by atoms with Gasteiger partial charge in [0.1, 0.15) is 17.9 Å². The van der Waals surface area contributed by atoms with Crippen molar-refractivity contribution >= 4 is 28.6 Å². The molecule has 0 atom stereocenters. The van der Waals surface area contributed by atoms with Crippen LogP contribution in [-0.2, 0) is 0 Å². The summed E-state index contributed by atoms with van der Waals surface area (Å²) in [6.45, 7) is 0.300. The lowest BCUT2D eigenvalue weighted by Crippen LogP contribution is -2.34. The number of benzene rings is 1. The van der Waals surface area contributed by atoms with Gasteiger partial charge in [0.2, 0.25) is 0 Å². The van der Waals surface area contributed by atoms with Crippen LogP contribution in [0.5, 0.6) is 5.75 Å². The second-order valence-corrected chi connectivity index (χ2v) is 5.02. The number of rotatable bonds is 5. The maximum absolute atomic E-state index is 12.2. The van der Waals surface area contributed by atoms with Crippen molar-refractivity contribution in [1.29, 1.82) is 0 Å². The van der Waals surface area contributed by atoms with Crippen molar-refractivity contribution in [2.24, 2.45) is 5.73 Å². The highest BCUT2D eigenvalue weighted by Crippen LogP contribution is 2.25. The summed E-state index contributed by atoms with van der Waals surface area (Å²) >= 11 is 1.56. The topological polar surface area (TPSA) is 94.5 Å². The van der Waals surface area contributed by atoms with E-state index in [1.807, 2.05) is 6.26 Å². The highest BCUT2D eigenvalue weighted by molar-refractivity contribution is 7.98. The summed E-state index contributed by atoms with van der Waals surface area (Å²) in [5.74, 6) is -0.712. The molecule has 1 heterocycles. The van der Waals surface area contributed by atoms with Crippen molar-refractivity contribution in [2.75, 3.05) is 18.6 Å². The third-order valence-electron chi connectivity index (χ3n) is 2.77. The van der Waals surface area contributed by atoms with Crippen LogP contribution in [0.15, 0.2) is 29.1 Å². The van der Waals surface area contributed by atoms with E-state index >= 15 is 0 Å². The minimum atomic E-state index is -0.986. The molecule has 0 saturated heterocycles. The lowest BCUT2D eigenvalue weighted by atomic mass is 10.1. The molecule has 2 aromatic rings. The van der Waals surface area contributed by atoms with Gasteiger partial charge in [-0.25, -0.2) is 0 Å². The summed E-state index contributed by atoms with van der Waals surface area (Å²) in [4.78, 5) is 29.0. The molecule has 0 bridgehead atoms. The molecule has 0 radical (unpaired) electrons. The molecule has 1 amide bonds. The van der Waals surface area contributed by atoms with E-state index in [1.165, 1.54) is 0 Å². The Morgan fingerprint density at radius 1 is 1.45 bits per heavy atom. The van der Waals surface area contributed by atoms with E-state index in [9.17, 15) is 14.7 Å². The average molecular weight is 294 g/mol. The number of aromatic hydroxyl groups is 1. The summed E-state index contributed by atoms with van der Waals surface area (Å²) in [5.41, 5.74) is 4.33. The number of carbonyl (C=O) groups excluding carboxylic acids is 1. The molecule has 1 aromatic carbocycles. The van der Waals surface area contributed by atoms with Gasteiger partial charge < -0.3 is 15.7 Å². The van der Waals surface area contributed by atoms with E-state index in [0.29, 0.717) is 23.3 Å². The van der Waals surface area contributed by atoms with Gasteiger partial charge in [0.25, 0.3) is 11.5 Å². The molecule has 0 fully saturated rings. The molecule has 1 aromatic heterocycles. The number of hydrogen-bond donors (Lipinski definition) is 2. The van der Waals surface area contributed by atoms with E-state index in [1.54, 1.807) is 36.0 Å². The normalized spacial score (nSPS) is 10.7. The minimum absolute atomic E-state index is 0.300.